The van der Waals surface area contributed by atoms with Crippen LogP contribution < -0.4 is 4.74 Å². The summed E-state index contributed by atoms with van der Waals surface area (Å²) in [4.78, 5) is 36.5. The predicted molar refractivity (Wildman–Crippen MR) is 73.1 cm³/mol. The van der Waals surface area contributed by atoms with Crippen LogP contribution >= 0.6 is 0 Å². The highest BCUT2D eigenvalue weighted by atomic mass is 16.5. The third-order valence-corrected chi connectivity index (χ3v) is 3.28. The summed E-state index contributed by atoms with van der Waals surface area (Å²) in [6.07, 6.45) is 0.780. The number of aromatic carboxylic acids is 1. The van der Waals surface area contributed by atoms with Gasteiger partial charge in [0.2, 0.25) is 6.41 Å². The molecule has 1 aliphatic rings. The second-order valence-corrected chi connectivity index (χ2v) is 4.64. The highest BCUT2D eigenvalue weighted by Gasteiger charge is 2.20. The van der Waals surface area contributed by atoms with E-state index in [0.717, 1.165) is 6.41 Å². The smallest absolute Gasteiger partial charge is 0.335 e. The number of hydrogen-bond acceptors (Lipinski definition) is 4. The zero-order valence-electron chi connectivity index (χ0n) is 11.4. The van der Waals surface area contributed by atoms with E-state index in [1.165, 1.54) is 24.3 Å². The lowest BCUT2D eigenvalue weighted by Gasteiger charge is -2.32. The van der Waals surface area contributed by atoms with Crippen LogP contribution in [0.15, 0.2) is 24.3 Å². The van der Waals surface area contributed by atoms with Crippen molar-refractivity contribution in [2.75, 3.05) is 32.8 Å². The topological polar surface area (TPSA) is 87.2 Å². The molecule has 1 saturated heterocycles. The number of carboxylic acids is 1. The minimum absolute atomic E-state index is 0.104. The summed E-state index contributed by atoms with van der Waals surface area (Å²) in [5.41, 5.74) is 0.165. The maximum absolute atomic E-state index is 11.9. The van der Waals surface area contributed by atoms with Gasteiger partial charge in [0.05, 0.1) is 5.56 Å². The summed E-state index contributed by atoms with van der Waals surface area (Å²) in [6, 6.07) is 5.87. The van der Waals surface area contributed by atoms with E-state index in [0.29, 0.717) is 31.9 Å². The van der Waals surface area contributed by atoms with Gasteiger partial charge in [0.15, 0.2) is 6.61 Å². The summed E-state index contributed by atoms with van der Waals surface area (Å²) in [5, 5.41) is 8.78. The van der Waals surface area contributed by atoms with Crippen molar-refractivity contribution in [1.29, 1.82) is 0 Å². The standard InChI is InChI=1S/C14H16N2O5/c17-10-15-5-7-16(8-6-15)13(18)9-21-12-3-1-11(2-4-12)14(19)20/h1-4,10H,5-9H2,(H,19,20). The molecule has 0 aromatic heterocycles. The minimum atomic E-state index is -1.01. The van der Waals surface area contributed by atoms with Gasteiger partial charge < -0.3 is 19.6 Å². The third kappa shape index (κ3) is 3.95. The summed E-state index contributed by atoms with van der Waals surface area (Å²) in [7, 11) is 0. The third-order valence-electron chi connectivity index (χ3n) is 3.28. The lowest BCUT2D eigenvalue weighted by Crippen LogP contribution is -2.49. The maximum atomic E-state index is 11.9. The monoisotopic (exact) mass is 292 g/mol. The first-order valence-corrected chi connectivity index (χ1v) is 6.53. The van der Waals surface area contributed by atoms with Gasteiger partial charge in [-0.15, -0.1) is 0 Å². The first-order valence-electron chi connectivity index (χ1n) is 6.53. The number of benzene rings is 1. The van der Waals surface area contributed by atoms with Crippen LogP contribution in [0.4, 0.5) is 0 Å². The van der Waals surface area contributed by atoms with Crippen LogP contribution in [0.3, 0.4) is 0 Å². The normalized spacial score (nSPS) is 14.7. The molecule has 1 aliphatic heterocycles. The van der Waals surface area contributed by atoms with Gasteiger partial charge in [-0.05, 0) is 24.3 Å². The Hall–Kier alpha value is -2.57. The molecule has 0 bridgehead atoms. The van der Waals surface area contributed by atoms with Crippen LogP contribution in [0.2, 0.25) is 0 Å². The van der Waals surface area contributed by atoms with Crippen molar-refractivity contribution in [3.63, 3.8) is 0 Å². The van der Waals surface area contributed by atoms with Crippen molar-refractivity contribution >= 4 is 18.3 Å². The zero-order valence-corrected chi connectivity index (χ0v) is 11.4. The van der Waals surface area contributed by atoms with Crippen LogP contribution in [0.5, 0.6) is 5.75 Å². The molecule has 7 heteroatoms. The number of carbonyl (C=O) groups excluding carboxylic acids is 2. The Morgan fingerprint density at radius 3 is 2.29 bits per heavy atom. The van der Waals surface area contributed by atoms with Crippen LogP contribution in [0, 0.1) is 0 Å². The molecule has 1 N–H and O–H groups in total. The van der Waals surface area contributed by atoms with Gasteiger partial charge in [-0.3, -0.25) is 9.59 Å². The Bertz CT molecular complexity index is 521. The molecule has 0 unspecified atom stereocenters. The highest BCUT2D eigenvalue weighted by Crippen LogP contribution is 2.12. The fourth-order valence-corrected chi connectivity index (χ4v) is 2.01. The van der Waals surface area contributed by atoms with Crippen LogP contribution in [0.1, 0.15) is 10.4 Å². The summed E-state index contributed by atoms with van der Waals surface area (Å²) in [6.45, 7) is 1.95. The Balaban J connectivity index is 1.81. The van der Waals surface area contributed by atoms with E-state index in [2.05, 4.69) is 0 Å². The van der Waals surface area contributed by atoms with Crippen LogP contribution in [-0.2, 0) is 9.59 Å². The van der Waals surface area contributed by atoms with E-state index in [4.69, 9.17) is 9.84 Å². The summed E-state index contributed by atoms with van der Waals surface area (Å²) in [5.74, 6) is -0.714. The molecule has 0 spiro atoms. The van der Waals surface area contributed by atoms with Crippen molar-refractivity contribution in [1.82, 2.24) is 9.80 Å². The Kier molecular flexibility index (Phi) is 4.76. The molecular weight excluding hydrogens is 276 g/mol. The minimum Gasteiger partial charge on any atom is -0.484 e. The molecule has 7 nitrogen and oxygen atoms in total. The largest absolute Gasteiger partial charge is 0.484 e. The van der Waals surface area contributed by atoms with Crippen LogP contribution in [-0.4, -0.2) is 66.0 Å². The Morgan fingerprint density at radius 1 is 1.14 bits per heavy atom. The van der Waals surface area contributed by atoms with Crippen molar-refractivity contribution in [3.05, 3.63) is 29.8 Å². The molecule has 112 valence electrons. The first-order chi connectivity index (χ1) is 10.1. The molecule has 21 heavy (non-hydrogen) atoms. The van der Waals surface area contributed by atoms with E-state index >= 15 is 0 Å². The van der Waals surface area contributed by atoms with E-state index in [-0.39, 0.29) is 18.1 Å². The first kappa shape index (κ1) is 14.8. The summed E-state index contributed by atoms with van der Waals surface area (Å²) < 4.78 is 5.34. The van der Waals surface area contributed by atoms with E-state index in [1.54, 1.807) is 9.80 Å². The van der Waals surface area contributed by atoms with E-state index in [1.807, 2.05) is 0 Å². The number of rotatable bonds is 5. The lowest BCUT2D eigenvalue weighted by atomic mass is 10.2. The quantitative estimate of drug-likeness (QED) is 0.776. The maximum Gasteiger partial charge on any atom is 0.335 e. The van der Waals surface area contributed by atoms with Crippen molar-refractivity contribution < 1.29 is 24.2 Å². The number of nitrogens with zero attached hydrogens (tertiary/aromatic N) is 2. The molecule has 0 atom stereocenters. The zero-order chi connectivity index (χ0) is 15.2. The van der Waals surface area contributed by atoms with Crippen molar-refractivity contribution in [2.24, 2.45) is 0 Å². The molecule has 1 heterocycles. The Morgan fingerprint density at radius 2 is 1.76 bits per heavy atom. The number of ether oxygens (including phenoxy) is 1. The van der Waals surface area contributed by atoms with Gasteiger partial charge >= 0.3 is 5.97 Å². The van der Waals surface area contributed by atoms with Gasteiger partial charge in [0.1, 0.15) is 5.75 Å². The molecule has 0 aliphatic carbocycles. The SMILES string of the molecule is O=CN1CCN(C(=O)COc2ccc(C(=O)O)cc2)CC1. The molecule has 0 radical (unpaired) electrons. The van der Waals surface area contributed by atoms with Crippen LogP contribution in [0.25, 0.3) is 0 Å². The number of amides is 2. The average Bonchev–Trinajstić information content (AvgIpc) is 2.53. The van der Waals surface area contributed by atoms with Gasteiger partial charge in [0, 0.05) is 26.2 Å². The van der Waals surface area contributed by atoms with Crippen molar-refractivity contribution in [2.45, 2.75) is 0 Å². The van der Waals surface area contributed by atoms with Crippen molar-refractivity contribution in [3.8, 4) is 5.75 Å². The fourth-order valence-electron chi connectivity index (χ4n) is 2.01. The number of hydrogen-bond donors (Lipinski definition) is 1. The number of carboxylic acid groups (broad SMARTS) is 1. The molecule has 2 amide bonds. The van der Waals surface area contributed by atoms with E-state index < -0.39 is 5.97 Å². The average molecular weight is 292 g/mol. The number of piperazine rings is 1. The second-order valence-electron chi connectivity index (χ2n) is 4.64. The van der Waals surface area contributed by atoms with Gasteiger partial charge in [-0.1, -0.05) is 0 Å². The molecule has 0 saturated carbocycles. The van der Waals surface area contributed by atoms with Gasteiger partial charge in [0.25, 0.3) is 5.91 Å². The molecule has 1 aromatic rings. The number of carbonyl (C=O) groups is 3. The second kappa shape index (κ2) is 6.74. The predicted octanol–water partition coefficient (Wildman–Crippen LogP) is 0.0642. The highest BCUT2D eigenvalue weighted by molar-refractivity contribution is 5.87. The lowest BCUT2D eigenvalue weighted by molar-refractivity contribution is -0.137. The summed E-state index contributed by atoms with van der Waals surface area (Å²) >= 11 is 0. The van der Waals surface area contributed by atoms with Gasteiger partial charge in [-0.25, -0.2) is 4.79 Å². The van der Waals surface area contributed by atoms with E-state index in [9.17, 15) is 14.4 Å². The molecular formula is C14H16N2O5. The molecule has 1 aromatic carbocycles. The van der Waals surface area contributed by atoms with Gasteiger partial charge in [-0.2, -0.15) is 0 Å². The fraction of sp³-hybridized carbons (Fsp3) is 0.357. The molecule has 2 rings (SSSR count). The Labute approximate surface area is 121 Å². The molecule has 1 fully saturated rings.